The fourth-order valence-electron chi connectivity index (χ4n) is 2.89. The van der Waals surface area contributed by atoms with Gasteiger partial charge in [0.25, 0.3) is 11.6 Å². The number of ether oxygens (including phenoxy) is 1. The highest BCUT2D eigenvalue weighted by Gasteiger charge is 2.27. The first-order valence-corrected chi connectivity index (χ1v) is 8.62. The molecule has 1 fully saturated rings. The monoisotopic (exact) mass is 368 g/mol. The van der Waals surface area contributed by atoms with E-state index in [-0.39, 0.29) is 28.2 Å². The number of nitro groups is 1. The molecule has 1 aliphatic carbocycles. The van der Waals surface area contributed by atoms with Crippen LogP contribution in [-0.2, 0) is 9.53 Å². The summed E-state index contributed by atoms with van der Waals surface area (Å²) in [5.74, 6) is -0.755. The molecule has 0 aliphatic heterocycles. The van der Waals surface area contributed by atoms with Crippen molar-refractivity contribution in [2.45, 2.75) is 51.7 Å². The normalized spacial score (nSPS) is 21.2. The van der Waals surface area contributed by atoms with Gasteiger partial charge in [-0.3, -0.25) is 14.9 Å². The van der Waals surface area contributed by atoms with Crippen LogP contribution in [-0.4, -0.2) is 28.9 Å². The highest BCUT2D eigenvalue weighted by atomic mass is 35.5. The number of halogens is 1. The van der Waals surface area contributed by atoms with Crippen molar-refractivity contribution in [2.24, 2.45) is 5.92 Å². The van der Waals surface area contributed by atoms with Gasteiger partial charge in [0.05, 0.1) is 15.5 Å². The molecular formula is C17H21ClN2O5. The average Bonchev–Trinajstić information content (AvgIpc) is 2.56. The maximum atomic E-state index is 12.2. The number of hydrogen-bond acceptors (Lipinski definition) is 5. The Morgan fingerprint density at radius 3 is 2.64 bits per heavy atom. The number of carbonyl (C=O) groups is 2. The summed E-state index contributed by atoms with van der Waals surface area (Å²) in [5.41, 5.74) is -0.239. The van der Waals surface area contributed by atoms with E-state index in [1.165, 1.54) is 13.0 Å². The van der Waals surface area contributed by atoms with Gasteiger partial charge in [-0.2, -0.15) is 0 Å². The van der Waals surface area contributed by atoms with Gasteiger partial charge in [-0.1, -0.05) is 31.4 Å². The SMILES string of the molecule is C[C@@H]1CCCC[C@@H]1NC(=O)[C@@H](C)OC(=O)c1ccc([N+](=O)[O-])cc1Cl. The van der Waals surface area contributed by atoms with Crippen molar-refractivity contribution in [2.75, 3.05) is 0 Å². The molecule has 1 aliphatic rings. The number of non-ortho nitro benzene ring substituents is 1. The molecule has 1 aromatic rings. The Morgan fingerprint density at radius 1 is 1.36 bits per heavy atom. The van der Waals surface area contributed by atoms with E-state index in [4.69, 9.17) is 16.3 Å². The molecule has 1 N–H and O–H groups in total. The summed E-state index contributed by atoms with van der Waals surface area (Å²) < 4.78 is 5.15. The van der Waals surface area contributed by atoms with Crippen molar-refractivity contribution in [3.8, 4) is 0 Å². The number of esters is 1. The van der Waals surface area contributed by atoms with Crippen LogP contribution in [0.1, 0.15) is 49.9 Å². The minimum Gasteiger partial charge on any atom is -0.449 e. The van der Waals surface area contributed by atoms with Gasteiger partial charge >= 0.3 is 5.97 Å². The van der Waals surface area contributed by atoms with Crippen LogP contribution in [0, 0.1) is 16.0 Å². The number of nitrogens with zero attached hydrogens (tertiary/aromatic N) is 1. The fraction of sp³-hybridized carbons (Fsp3) is 0.529. The molecule has 8 heteroatoms. The minimum absolute atomic E-state index is 0.0158. The molecule has 0 saturated heterocycles. The minimum atomic E-state index is -0.979. The lowest BCUT2D eigenvalue weighted by atomic mass is 9.86. The van der Waals surface area contributed by atoms with Gasteiger partial charge in [-0.05, 0) is 31.7 Å². The predicted molar refractivity (Wildman–Crippen MR) is 92.5 cm³/mol. The lowest BCUT2D eigenvalue weighted by Gasteiger charge is -2.30. The quantitative estimate of drug-likeness (QED) is 0.487. The summed E-state index contributed by atoms with van der Waals surface area (Å²) >= 11 is 5.90. The van der Waals surface area contributed by atoms with E-state index in [2.05, 4.69) is 12.2 Å². The van der Waals surface area contributed by atoms with Crippen LogP contribution in [0.5, 0.6) is 0 Å². The summed E-state index contributed by atoms with van der Waals surface area (Å²) in [6.45, 7) is 3.58. The highest BCUT2D eigenvalue weighted by Crippen LogP contribution is 2.25. The molecule has 0 aromatic heterocycles. The smallest absolute Gasteiger partial charge is 0.340 e. The third kappa shape index (κ3) is 4.92. The Morgan fingerprint density at radius 2 is 2.04 bits per heavy atom. The lowest BCUT2D eigenvalue weighted by Crippen LogP contribution is -2.46. The van der Waals surface area contributed by atoms with E-state index in [1.807, 2.05) is 0 Å². The molecule has 0 bridgehead atoms. The molecule has 136 valence electrons. The fourth-order valence-corrected chi connectivity index (χ4v) is 3.14. The standard InChI is InChI=1S/C17H21ClN2O5/c1-10-5-3-4-6-15(10)19-16(21)11(2)25-17(22)13-8-7-12(20(23)24)9-14(13)18/h7-11,15H,3-6H2,1-2H3,(H,19,21)/t10-,11-,15+/m1/s1. The summed E-state index contributed by atoms with van der Waals surface area (Å²) in [6, 6.07) is 3.55. The van der Waals surface area contributed by atoms with Gasteiger partial charge < -0.3 is 10.1 Å². The van der Waals surface area contributed by atoms with Crippen molar-refractivity contribution in [1.82, 2.24) is 5.32 Å². The van der Waals surface area contributed by atoms with Crippen LogP contribution >= 0.6 is 11.6 Å². The van der Waals surface area contributed by atoms with Crippen LogP contribution in [0.25, 0.3) is 0 Å². The summed E-state index contributed by atoms with van der Waals surface area (Å²) in [5, 5.41) is 13.5. The van der Waals surface area contributed by atoms with Gasteiger partial charge in [0.1, 0.15) is 0 Å². The molecule has 0 heterocycles. The molecule has 25 heavy (non-hydrogen) atoms. The Bertz CT molecular complexity index is 679. The van der Waals surface area contributed by atoms with E-state index in [0.29, 0.717) is 5.92 Å². The number of hydrogen-bond donors (Lipinski definition) is 1. The maximum absolute atomic E-state index is 12.2. The topological polar surface area (TPSA) is 98.5 Å². The number of benzene rings is 1. The zero-order chi connectivity index (χ0) is 18.6. The van der Waals surface area contributed by atoms with Crippen molar-refractivity contribution in [3.63, 3.8) is 0 Å². The van der Waals surface area contributed by atoms with Crippen LogP contribution < -0.4 is 5.32 Å². The third-order valence-corrected chi connectivity index (χ3v) is 4.79. The van der Waals surface area contributed by atoms with Gasteiger partial charge in [-0.15, -0.1) is 0 Å². The number of nitrogens with one attached hydrogen (secondary N) is 1. The number of amides is 1. The molecule has 1 amide bonds. The first-order chi connectivity index (χ1) is 11.8. The molecule has 1 saturated carbocycles. The molecule has 0 radical (unpaired) electrons. The molecule has 1 aromatic carbocycles. The van der Waals surface area contributed by atoms with E-state index in [1.54, 1.807) is 0 Å². The second-order valence-corrected chi connectivity index (χ2v) is 6.75. The first-order valence-electron chi connectivity index (χ1n) is 8.25. The van der Waals surface area contributed by atoms with Crippen LogP contribution in [0.3, 0.4) is 0 Å². The van der Waals surface area contributed by atoms with Crippen LogP contribution in [0.4, 0.5) is 5.69 Å². The van der Waals surface area contributed by atoms with Gasteiger partial charge in [-0.25, -0.2) is 4.79 Å². The number of nitro benzene ring substituents is 1. The summed E-state index contributed by atoms with van der Waals surface area (Å²) in [6.07, 6.45) is 3.24. The van der Waals surface area contributed by atoms with Crippen molar-refractivity contribution >= 4 is 29.2 Å². The molecule has 3 atom stereocenters. The average molecular weight is 369 g/mol. The van der Waals surface area contributed by atoms with E-state index in [9.17, 15) is 19.7 Å². The van der Waals surface area contributed by atoms with E-state index in [0.717, 1.165) is 37.8 Å². The highest BCUT2D eigenvalue weighted by molar-refractivity contribution is 6.33. The molecular weight excluding hydrogens is 348 g/mol. The zero-order valence-electron chi connectivity index (χ0n) is 14.2. The van der Waals surface area contributed by atoms with E-state index < -0.39 is 17.0 Å². The maximum Gasteiger partial charge on any atom is 0.340 e. The van der Waals surface area contributed by atoms with Gasteiger partial charge in [0.2, 0.25) is 0 Å². The second-order valence-electron chi connectivity index (χ2n) is 6.35. The lowest BCUT2D eigenvalue weighted by molar-refractivity contribution is -0.384. The van der Waals surface area contributed by atoms with Crippen LogP contribution in [0.15, 0.2) is 18.2 Å². The molecule has 0 spiro atoms. The second kappa shape index (κ2) is 8.29. The Hall–Kier alpha value is -2.15. The molecule has 2 rings (SSSR count). The predicted octanol–water partition coefficient (Wildman–Crippen LogP) is 3.49. The Labute approximate surface area is 150 Å². The van der Waals surface area contributed by atoms with Gasteiger partial charge in [0.15, 0.2) is 6.10 Å². The molecule has 0 unspecified atom stereocenters. The Kier molecular flexibility index (Phi) is 6.36. The van der Waals surface area contributed by atoms with Gasteiger partial charge in [0, 0.05) is 18.2 Å². The largest absolute Gasteiger partial charge is 0.449 e. The van der Waals surface area contributed by atoms with Crippen molar-refractivity contribution in [3.05, 3.63) is 38.9 Å². The summed E-state index contributed by atoms with van der Waals surface area (Å²) in [7, 11) is 0. The number of carbonyl (C=O) groups excluding carboxylic acids is 2. The zero-order valence-corrected chi connectivity index (χ0v) is 14.9. The number of rotatable bonds is 5. The third-order valence-electron chi connectivity index (χ3n) is 4.48. The van der Waals surface area contributed by atoms with Crippen molar-refractivity contribution < 1.29 is 19.2 Å². The molecule has 7 nitrogen and oxygen atoms in total. The Balaban J connectivity index is 1.97. The van der Waals surface area contributed by atoms with E-state index >= 15 is 0 Å². The van der Waals surface area contributed by atoms with Crippen LogP contribution in [0.2, 0.25) is 5.02 Å². The first kappa shape index (κ1) is 19.2. The van der Waals surface area contributed by atoms with Crippen molar-refractivity contribution in [1.29, 1.82) is 0 Å². The summed E-state index contributed by atoms with van der Waals surface area (Å²) in [4.78, 5) is 34.5.